The Kier molecular flexibility index (Phi) is 4.25. The number of hydrogen-bond acceptors (Lipinski definition) is 3. The number of aromatic nitrogens is 2. The molecule has 1 aromatic heterocycles. The third kappa shape index (κ3) is 2.00. The van der Waals surface area contributed by atoms with Gasteiger partial charge in [-0.15, -0.1) is 10.2 Å². The Morgan fingerprint density at radius 2 is 2.50 bits per heavy atom. The molecule has 45 valence electrons. The number of hydrogen-bond donors (Lipinski definition) is 0. The molecule has 0 bridgehead atoms. The van der Waals surface area contributed by atoms with Crippen molar-refractivity contribution in [2.75, 3.05) is 0 Å². The van der Waals surface area contributed by atoms with E-state index in [1.807, 2.05) is 6.92 Å². The zero-order chi connectivity index (χ0) is 5.11. The minimum atomic E-state index is 0. The second-order valence-corrected chi connectivity index (χ2v) is 1.73. The fraction of sp³-hybridized carbons (Fsp3) is 0.500. The zero-order valence-electron chi connectivity index (χ0n) is 4.39. The Hall–Kier alpha value is 0.222. The number of nitrogens with zero attached hydrogens (tertiary/aromatic N) is 2. The molecule has 0 amide bonds. The van der Waals surface area contributed by atoms with E-state index < -0.39 is 0 Å². The predicted molar refractivity (Wildman–Crippen MR) is 28.1 cm³/mol. The van der Waals surface area contributed by atoms with Gasteiger partial charge in [0.05, 0.1) is 0 Å². The van der Waals surface area contributed by atoms with Crippen LogP contribution in [0.1, 0.15) is 12.6 Å². The molecule has 0 aliphatic carbocycles. The van der Waals surface area contributed by atoms with E-state index in [2.05, 4.69) is 15.0 Å². The van der Waals surface area contributed by atoms with Crippen molar-refractivity contribution in [3.8, 4) is 0 Å². The summed E-state index contributed by atoms with van der Waals surface area (Å²) in [5.74, 6) is 0. The molecule has 8 heavy (non-hydrogen) atoms. The van der Waals surface area contributed by atoms with Gasteiger partial charge in [0.15, 0.2) is 0 Å². The van der Waals surface area contributed by atoms with Crippen molar-refractivity contribution in [1.29, 1.82) is 0 Å². The van der Waals surface area contributed by atoms with Crippen LogP contribution < -0.4 is 0 Å². The average Bonchev–Trinajstić information content (AvgIpc) is 2.14. The summed E-state index contributed by atoms with van der Waals surface area (Å²) in [6.45, 7) is 2.03. The van der Waals surface area contributed by atoms with E-state index in [4.69, 9.17) is 0 Å². The average molecular weight is 299 g/mol. The molecule has 0 spiro atoms. The molecule has 0 unspecified atom stereocenters. The van der Waals surface area contributed by atoms with Crippen LogP contribution in [-0.4, -0.2) is 9.59 Å². The predicted octanol–water partition coefficient (Wildman–Crippen LogP) is 0.898. The van der Waals surface area contributed by atoms with Crippen molar-refractivity contribution >= 4 is 11.5 Å². The third-order valence-corrected chi connectivity index (χ3v) is 1.19. The van der Waals surface area contributed by atoms with Gasteiger partial charge in [-0.05, 0) is 6.42 Å². The normalized spacial score (nSPS) is 8.12. The Bertz CT molecular complexity index is 129. The molecule has 0 aliphatic rings. The van der Waals surface area contributed by atoms with Crippen molar-refractivity contribution in [2.24, 2.45) is 0 Å². The third-order valence-electron chi connectivity index (χ3n) is 0.701. The van der Waals surface area contributed by atoms with Crippen molar-refractivity contribution < 1.29 is 20.4 Å². The maximum absolute atomic E-state index is 3.75. The van der Waals surface area contributed by atoms with Crippen LogP contribution in [0.4, 0.5) is 0 Å². The van der Waals surface area contributed by atoms with E-state index in [1.165, 1.54) is 11.5 Å². The fourth-order valence-corrected chi connectivity index (χ4v) is 0.777. The van der Waals surface area contributed by atoms with Gasteiger partial charge < -0.3 is 5.38 Å². The van der Waals surface area contributed by atoms with Crippen molar-refractivity contribution in [3.05, 3.63) is 11.1 Å². The summed E-state index contributed by atoms with van der Waals surface area (Å²) in [5, 5.41) is 6.65. The fourth-order valence-electron chi connectivity index (χ4n) is 0.306. The molecule has 0 aliphatic heterocycles. The molecular weight excluding hydrogens is 294 g/mol. The largest absolute Gasteiger partial charge is 0.363 e. The van der Waals surface area contributed by atoms with Gasteiger partial charge in [0.1, 0.15) is 0 Å². The van der Waals surface area contributed by atoms with E-state index in [-0.39, 0.29) is 20.4 Å². The van der Waals surface area contributed by atoms with Gasteiger partial charge in [-0.3, -0.25) is 0 Å². The molecule has 2 nitrogen and oxygen atoms in total. The Morgan fingerprint density at radius 3 is 2.75 bits per heavy atom. The Labute approximate surface area is 66.1 Å². The molecular formula is C4H5N2ReS-. The van der Waals surface area contributed by atoms with E-state index >= 15 is 0 Å². The zero-order valence-corrected chi connectivity index (χ0v) is 7.92. The van der Waals surface area contributed by atoms with Gasteiger partial charge in [-0.2, -0.15) is 5.10 Å². The molecule has 4 heteroatoms. The van der Waals surface area contributed by atoms with Crippen LogP contribution in [0.15, 0.2) is 0 Å². The summed E-state index contributed by atoms with van der Waals surface area (Å²) in [5.41, 5.74) is 0.963. The topological polar surface area (TPSA) is 25.8 Å². The first kappa shape index (κ1) is 8.22. The maximum atomic E-state index is 3.75. The number of rotatable bonds is 1. The van der Waals surface area contributed by atoms with Gasteiger partial charge >= 0.3 is 0 Å². The van der Waals surface area contributed by atoms with Crippen LogP contribution >= 0.6 is 11.5 Å². The van der Waals surface area contributed by atoms with E-state index in [9.17, 15) is 0 Å². The van der Waals surface area contributed by atoms with Gasteiger partial charge in [0.25, 0.3) is 0 Å². The van der Waals surface area contributed by atoms with Crippen molar-refractivity contribution in [3.63, 3.8) is 0 Å². The Balaban J connectivity index is 0.000000490. The molecule has 0 saturated carbocycles. The quantitative estimate of drug-likeness (QED) is 0.720. The molecule has 1 rings (SSSR count). The second kappa shape index (κ2) is 4.14. The molecule has 1 aromatic rings. The molecule has 1 heterocycles. The minimum Gasteiger partial charge on any atom is -0.363 e. The first-order chi connectivity index (χ1) is 3.43. The first-order valence-corrected chi connectivity index (χ1v) is 2.89. The van der Waals surface area contributed by atoms with Crippen molar-refractivity contribution in [1.82, 2.24) is 9.59 Å². The molecule has 0 fully saturated rings. The monoisotopic (exact) mass is 300 g/mol. The van der Waals surface area contributed by atoms with E-state index in [0.29, 0.717) is 0 Å². The number of aryl methyl sites for hydroxylation is 1. The molecule has 0 aromatic carbocycles. The smallest absolute Gasteiger partial charge is 0 e. The molecule has 0 N–H and O–H groups in total. The summed E-state index contributed by atoms with van der Waals surface area (Å²) in [7, 11) is 0. The van der Waals surface area contributed by atoms with Crippen LogP contribution in [0.25, 0.3) is 0 Å². The van der Waals surface area contributed by atoms with Crippen molar-refractivity contribution in [2.45, 2.75) is 13.3 Å². The van der Waals surface area contributed by atoms with Gasteiger partial charge in [0, 0.05) is 20.4 Å². The summed E-state index contributed by atoms with van der Waals surface area (Å²) >= 11 is 1.28. The maximum Gasteiger partial charge on any atom is 0 e. The van der Waals surface area contributed by atoms with Crippen LogP contribution in [-0.2, 0) is 26.8 Å². The molecule has 1 radical (unpaired) electrons. The van der Waals surface area contributed by atoms with Crippen LogP contribution in [0.5, 0.6) is 0 Å². The van der Waals surface area contributed by atoms with Gasteiger partial charge in [-0.25, -0.2) is 11.5 Å². The molecule has 0 saturated heterocycles. The summed E-state index contributed by atoms with van der Waals surface area (Å²) in [6.07, 6.45) is 0.941. The van der Waals surface area contributed by atoms with Crippen LogP contribution in [0.2, 0.25) is 0 Å². The molecule has 0 atom stereocenters. The summed E-state index contributed by atoms with van der Waals surface area (Å²) in [6, 6.07) is 0. The second-order valence-electron chi connectivity index (χ2n) is 1.18. The van der Waals surface area contributed by atoms with E-state index in [0.717, 1.165) is 12.1 Å². The first-order valence-electron chi connectivity index (χ1n) is 2.12. The van der Waals surface area contributed by atoms with Crippen LogP contribution in [0.3, 0.4) is 0 Å². The van der Waals surface area contributed by atoms with E-state index in [1.54, 1.807) is 0 Å². The van der Waals surface area contributed by atoms with Crippen LogP contribution in [0, 0.1) is 5.38 Å². The minimum absolute atomic E-state index is 0. The summed E-state index contributed by atoms with van der Waals surface area (Å²) < 4.78 is 3.63. The summed E-state index contributed by atoms with van der Waals surface area (Å²) in [4.78, 5) is 0. The van der Waals surface area contributed by atoms with Gasteiger partial charge in [0.2, 0.25) is 0 Å². The standard InChI is InChI=1S/C4H5N2S.Re/c1-2-4-3-7-6-5-4;/h2H2,1H3;/q-1;. The Morgan fingerprint density at radius 1 is 1.75 bits per heavy atom. The SMILES string of the molecule is CCc1[c-]snn1.[Re]. The van der Waals surface area contributed by atoms with Gasteiger partial charge in [-0.1, -0.05) is 6.92 Å².